The average molecular weight is 284 g/mol. The van der Waals surface area contributed by atoms with Crippen molar-refractivity contribution in [3.63, 3.8) is 0 Å². The maximum Gasteiger partial charge on any atom is 0.307 e. The molecule has 0 fully saturated rings. The molecule has 1 rings (SSSR count). The van der Waals surface area contributed by atoms with E-state index in [1.807, 2.05) is 0 Å². The fourth-order valence-corrected chi connectivity index (χ4v) is 1.41. The summed E-state index contributed by atoms with van der Waals surface area (Å²) in [6, 6.07) is 2.81. The van der Waals surface area contributed by atoms with Gasteiger partial charge in [-0.05, 0) is 19.1 Å². The van der Waals surface area contributed by atoms with E-state index in [-0.39, 0.29) is 25.1 Å². The highest BCUT2D eigenvalue weighted by molar-refractivity contribution is 5.95. The lowest BCUT2D eigenvalue weighted by Gasteiger charge is -2.05. The van der Waals surface area contributed by atoms with Crippen LogP contribution in [0.3, 0.4) is 0 Å². The lowest BCUT2D eigenvalue weighted by atomic mass is 10.2. The van der Waals surface area contributed by atoms with Crippen LogP contribution in [0.2, 0.25) is 0 Å². The number of carbonyl (C=O) groups excluding carboxylic acids is 2. The molecule has 8 heteroatoms. The third-order valence-corrected chi connectivity index (χ3v) is 2.33. The van der Waals surface area contributed by atoms with Gasteiger partial charge in [-0.3, -0.25) is 19.7 Å². The van der Waals surface area contributed by atoms with E-state index in [9.17, 15) is 24.1 Å². The van der Waals surface area contributed by atoms with Crippen LogP contribution < -0.4 is 5.32 Å². The van der Waals surface area contributed by atoms with Gasteiger partial charge in [0.1, 0.15) is 0 Å². The first-order chi connectivity index (χ1) is 9.45. The van der Waals surface area contributed by atoms with E-state index in [4.69, 9.17) is 0 Å². The molecule has 0 aliphatic rings. The van der Waals surface area contributed by atoms with Gasteiger partial charge in [-0.25, -0.2) is 0 Å². The van der Waals surface area contributed by atoms with Gasteiger partial charge in [-0.1, -0.05) is 0 Å². The molecule has 0 aliphatic heterocycles. The monoisotopic (exact) mass is 284 g/mol. The molecule has 0 atom stereocenters. The Bertz CT molecular complexity index is 533. The number of hydrogen-bond acceptors (Lipinski definition) is 5. The van der Waals surface area contributed by atoms with E-state index < -0.39 is 28.3 Å². The molecule has 0 unspecified atom stereocenters. The summed E-state index contributed by atoms with van der Waals surface area (Å²) in [5, 5.41) is 12.9. The molecule has 1 N–H and O–H groups in total. The molecule has 0 bridgehead atoms. The lowest BCUT2D eigenvalue weighted by Crippen LogP contribution is -2.26. The Balaban J connectivity index is 2.62. The van der Waals surface area contributed by atoms with Crippen molar-refractivity contribution in [1.82, 2.24) is 5.32 Å². The quantitative estimate of drug-likeness (QED) is 0.484. The van der Waals surface area contributed by atoms with Crippen LogP contribution in [0.5, 0.6) is 0 Å². The summed E-state index contributed by atoms with van der Waals surface area (Å²) in [7, 11) is 0. The minimum absolute atomic E-state index is 0.0110. The van der Waals surface area contributed by atoms with Gasteiger partial charge in [-0.2, -0.15) is 4.39 Å². The standard InChI is InChI=1S/C12H13FN2O5/c1-2-20-11(16)5-6-14-12(17)8-3-4-9(13)10(7-8)15(18)19/h3-4,7H,2,5-6H2,1H3,(H,14,17). The number of nitro groups is 1. The van der Waals surface area contributed by atoms with Crippen molar-refractivity contribution in [3.05, 3.63) is 39.7 Å². The minimum Gasteiger partial charge on any atom is -0.466 e. The van der Waals surface area contributed by atoms with Gasteiger partial charge in [-0.15, -0.1) is 0 Å². The molecule has 1 aromatic rings. The zero-order chi connectivity index (χ0) is 15.1. The van der Waals surface area contributed by atoms with Gasteiger partial charge in [0.2, 0.25) is 5.82 Å². The number of esters is 1. The largest absolute Gasteiger partial charge is 0.466 e. The van der Waals surface area contributed by atoms with Crippen LogP contribution >= 0.6 is 0 Å². The Morgan fingerprint density at radius 2 is 2.15 bits per heavy atom. The fourth-order valence-electron chi connectivity index (χ4n) is 1.41. The van der Waals surface area contributed by atoms with E-state index in [0.717, 1.165) is 18.2 Å². The normalized spacial score (nSPS) is 9.90. The Morgan fingerprint density at radius 1 is 1.45 bits per heavy atom. The number of halogens is 1. The summed E-state index contributed by atoms with van der Waals surface area (Å²) >= 11 is 0. The smallest absolute Gasteiger partial charge is 0.307 e. The number of nitro benzene ring substituents is 1. The van der Waals surface area contributed by atoms with Crippen LogP contribution in [0.15, 0.2) is 18.2 Å². The van der Waals surface area contributed by atoms with Crippen LogP contribution in [0.1, 0.15) is 23.7 Å². The molecule has 0 radical (unpaired) electrons. The van der Waals surface area contributed by atoms with Gasteiger partial charge in [0.25, 0.3) is 5.91 Å². The van der Waals surface area contributed by atoms with Crippen LogP contribution in [0, 0.1) is 15.9 Å². The molecule has 0 aromatic heterocycles. The third kappa shape index (κ3) is 4.30. The zero-order valence-corrected chi connectivity index (χ0v) is 10.7. The second-order valence-electron chi connectivity index (χ2n) is 3.73. The van der Waals surface area contributed by atoms with Gasteiger partial charge in [0.05, 0.1) is 18.0 Å². The van der Waals surface area contributed by atoms with E-state index in [1.54, 1.807) is 6.92 Å². The van der Waals surface area contributed by atoms with E-state index in [0.29, 0.717) is 0 Å². The Labute approximate surface area is 113 Å². The van der Waals surface area contributed by atoms with Crippen molar-refractivity contribution >= 4 is 17.6 Å². The molecule has 0 spiro atoms. The maximum atomic E-state index is 13.1. The van der Waals surface area contributed by atoms with E-state index >= 15 is 0 Å². The van der Waals surface area contributed by atoms with Crippen LogP contribution in [-0.4, -0.2) is 30.0 Å². The Kier molecular flexibility index (Phi) is 5.57. The fraction of sp³-hybridized carbons (Fsp3) is 0.333. The topological polar surface area (TPSA) is 98.5 Å². The first-order valence-corrected chi connectivity index (χ1v) is 5.83. The summed E-state index contributed by atoms with van der Waals surface area (Å²) in [5.74, 6) is -2.10. The predicted octanol–water partition coefficient (Wildman–Crippen LogP) is 1.42. The zero-order valence-electron chi connectivity index (χ0n) is 10.7. The van der Waals surface area contributed by atoms with Crippen LogP contribution in [0.25, 0.3) is 0 Å². The summed E-state index contributed by atoms with van der Waals surface area (Å²) in [6.45, 7) is 1.94. The first kappa shape index (κ1) is 15.5. The van der Waals surface area contributed by atoms with Gasteiger partial charge >= 0.3 is 11.7 Å². The molecule has 0 saturated carbocycles. The molecule has 7 nitrogen and oxygen atoms in total. The van der Waals surface area contributed by atoms with Crippen molar-refractivity contribution in [2.24, 2.45) is 0 Å². The molecule has 1 amide bonds. The number of carbonyl (C=O) groups is 2. The number of rotatable bonds is 6. The highest BCUT2D eigenvalue weighted by Gasteiger charge is 2.17. The molecule has 0 heterocycles. The van der Waals surface area contributed by atoms with E-state index in [2.05, 4.69) is 10.1 Å². The Hall–Kier alpha value is -2.51. The maximum absolute atomic E-state index is 13.1. The van der Waals surface area contributed by atoms with Crippen LogP contribution in [0.4, 0.5) is 10.1 Å². The van der Waals surface area contributed by atoms with Gasteiger partial charge in [0, 0.05) is 18.2 Å². The summed E-state index contributed by atoms with van der Waals surface area (Å²) in [4.78, 5) is 32.3. The van der Waals surface area contributed by atoms with Crippen LogP contribution in [-0.2, 0) is 9.53 Å². The number of nitrogens with zero attached hydrogens (tertiary/aromatic N) is 1. The van der Waals surface area contributed by atoms with Gasteiger partial charge in [0.15, 0.2) is 0 Å². The molecular formula is C12H13FN2O5. The van der Waals surface area contributed by atoms with Crippen molar-refractivity contribution in [1.29, 1.82) is 0 Å². The number of benzene rings is 1. The molecule has 20 heavy (non-hydrogen) atoms. The molecule has 0 saturated heterocycles. The summed E-state index contributed by atoms with van der Waals surface area (Å²) < 4.78 is 17.8. The molecular weight excluding hydrogens is 271 g/mol. The van der Waals surface area contributed by atoms with Gasteiger partial charge < -0.3 is 10.1 Å². The number of hydrogen-bond donors (Lipinski definition) is 1. The van der Waals surface area contributed by atoms with Crippen molar-refractivity contribution in [2.45, 2.75) is 13.3 Å². The van der Waals surface area contributed by atoms with Crippen molar-refractivity contribution in [2.75, 3.05) is 13.2 Å². The SMILES string of the molecule is CCOC(=O)CCNC(=O)c1ccc(F)c([N+](=O)[O-])c1. The van der Waals surface area contributed by atoms with Crippen molar-refractivity contribution < 1.29 is 23.6 Å². The minimum atomic E-state index is -1.02. The lowest BCUT2D eigenvalue weighted by molar-refractivity contribution is -0.387. The second-order valence-corrected chi connectivity index (χ2v) is 3.73. The molecule has 1 aromatic carbocycles. The number of nitrogens with one attached hydrogen (secondary N) is 1. The molecule has 0 aliphatic carbocycles. The first-order valence-electron chi connectivity index (χ1n) is 5.83. The third-order valence-electron chi connectivity index (χ3n) is 2.33. The highest BCUT2D eigenvalue weighted by Crippen LogP contribution is 2.18. The Morgan fingerprint density at radius 3 is 2.75 bits per heavy atom. The number of ether oxygens (including phenoxy) is 1. The average Bonchev–Trinajstić information content (AvgIpc) is 2.39. The summed E-state index contributed by atoms with van der Waals surface area (Å²) in [5.41, 5.74) is -0.829. The number of amides is 1. The van der Waals surface area contributed by atoms with Crippen molar-refractivity contribution in [3.8, 4) is 0 Å². The van der Waals surface area contributed by atoms with E-state index in [1.165, 1.54) is 0 Å². The molecule has 108 valence electrons. The highest BCUT2D eigenvalue weighted by atomic mass is 19.1. The predicted molar refractivity (Wildman–Crippen MR) is 66.6 cm³/mol. The second kappa shape index (κ2) is 7.17. The summed E-state index contributed by atoms with van der Waals surface area (Å²) in [6.07, 6.45) is -0.0110.